The Balaban J connectivity index is 1.85. The van der Waals surface area contributed by atoms with Crippen LogP contribution in [0.15, 0.2) is 24.3 Å². The maximum absolute atomic E-state index is 11.6. The van der Waals surface area contributed by atoms with Gasteiger partial charge < -0.3 is 0 Å². The van der Waals surface area contributed by atoms with Crippen molar-refractivity contribution in [3.63, 3.8) is 0 Å². The Bertz CT molecular complexity index is 380. The van der Waals surface area contributed by atoms with Crippen LogP contribution in [0.2, 0.25) is 0 Å². The summed E-state index contributed by atoms with van der Waals surface area (Å²) >= 11 is 0. The van der Waals surface area contributed by atoms with Gasteiger partial charge in [-0.25, -0.2) is 0 Å². The molecule has 0 amide bonds. The maximum Gasteiger partial charge on any atom is 0.697 e. The lowest BCUT2D eigenvalue weighted by Gasteiger charge is -2.01. The van der Waals surface area contributed by atoms with E-state index in [4.69, 9.17) is 9.05 Å². The van der Waals surface area contributed by atoms with Crippen molar-refractivity contribution in [1.82, 2.24) is 0 Å². The van der Waals surface area contributed by atoms with Gasteiger partial charge in [-0.15, -0.1) is 9.05 Å². The molecule has 92 valence electrons. The molecule has 0 fully saturated rings. The molecule has 0 aliphatic heterocycles. The van der Waals surface area contributed by atoms with Gasteiger partial charge in [-0.05, 0) is 24.5 Å². The zero-order valence-corrected chi connectivity index (χ0v) is 11.2. The van der Waals surface area contributed by atoms with E-state index in [1.54, 1.807) is 0 Å². The van der Waals surface area contributed by atoms with Gasteiger partial charge in [0, 0.05) is 17.4 Å². The number of benzene rings is 1. The maximum atomic E-state index is 11.6. The molecule has 0 saturated heterocycles. The average Bonchev–Trinajstić information content (AvgIpc) is 2.70. The van der Waals surface area contributed by atoms with Crippen LogP contribution >= 0.6 is 8.25 Å². The summed E-state index contributed by atoms with van der Waals surface area (Å²) < 4.78 is 22.3. The molecular formula is C13H18O3P+. The first-order valence-corrected chi connectivity index (χ1v) is 7.16. The molecule has 2 atom stereocenters. The Hall–Kier alpha value is -0.760. The van der Waals surface area contributed by atoms with Crippen molar-refractivity contribution in [2.45, 2.75) is 45.3 Å². The molecule has 4 heteroatoms. The van der Waals surface area contributed by atoms with E-state index in [2.05, 4.69) is 12.1 Å². The summed E-state index contributed by atoms with van der Waals surface area (Å²) in [4.78, 5) is 0. The molecule has 1 aromatic carbocycles. The summed E-state index contributed by atoms with van der Waals surface area (Å²) in [6, 6.07) is 8.25. The smallest absolute Gasteiger partial charge is 0.116 e. The van der Waals surface area contributed by atoms with Crippen LogP contribution in [0.4, 0.5) is 0 Å². The van der Waals surface area contributed by atoms with E-state index in [0.29, 0.717) is 0 Å². The standard InChI is InChI=1S/C13H18O3P/c1-3-10(2)15-17(14)16-13-8-11-6-4-5-7-12(11)9-13/h4-7,10,13H,3,8-9H2,1-2H3/q+1. The summed E-state index contributed by atoms with van der Waals surface area (Å²) in [6.07, 6.45) is 2.50. The van der Waals surface area contributed by atoms with Crippen molar-refractivity contribution in [2.75, 3.05) is 0 Å². The monoisotopic (exact) mass is 253 g/mol. The van der Waals surface area contributed by atoms with Gasteiger partial charge >= 0.3 is 8.25 Å². The van der Waals surface area contributed by atoms with Crippen molar-refractivity contribution in [3.05, 3.63) is 35.4 Å². The topological polar surface area (TPSA) is 35.5 Å². The Labute approximate surface area is 103 Å². The molecule has 0 aromatic heterocycles. The van der Waals surface area contributed by atoms with Crippen LogP contribution in [0.25, 0.3) is 0 Å². The van der Waals surface area contributed by atoms with Crippen LogP contribution in [0.1, 0.15) is 31.4 Å². The summed E-state index contributed by atoms with van der Waals surface area (Å²) in [5.41, 5.74) is 2.59. The lowest BCUT2D eigenvalue weighted by Crippen LogP contribution is -2.10. The minimum atomic E-state index is -1.99. The second kappa shape index (κ2) is 5.72. The number of hydrogen-bond donors (Lipinski definition) is 0. The summed E-state index contributed by atoms with van der Waals surface area (Å²) in [5, 5.41) is 0. The molecule has 0 radical (unpaired) electrons. The van der Waals surface area contributed by atoms with Gasteiger partial charge in [0.25, 0.3) is 0 Å². The molecule has 1 aliphatic carbocycles. The van der Waals surface area contributed by atoms with Crippen LogP contribution in [0.3, 0.4) is 0 Å². The Morgan fingerprint density at radius 2 is 1.94 bits per heavy atom. The van der Waals surface area contributed by atoms with E-state index in [1.165, 1.54) is 11.1 Å². The lowest BCUT2D eigenvalue weighted by atomic mass is 10.1. The first-order valence-electron chi connectivity index (χ1n) is 6.06. The third-order valence-corrected chi connectivity index (χ3v) is 4.09. The molecule has 2 unspecified atom stereocenters. The number of fused-ring (bicyclic) bond motifs is 1. The third-order valence-electron chi connectivity index (χ3n) is 3.09. The average molecular weight is 253 g/mol. The minimum Gasteiger partial charge on any atom is -0.116 e. The Kier molecular flexibility index (Phi) is 4.27. The normalized spacial score (nSPS) is 17.9. The highest BCUT2D eigenvalue weighted by Crippen LogP contribution is 2.34. The van der Waals surface area contributed by atoms with Gasteiger partial charge in [0.05, 0.1) is 0 Å². The molecule has 0 heterocycles. The largest absolute Gasteiger partial charge is 0.697 e. The van der Waals surface area contributed by atoms with E-state index in [9.17, 15) is 4.57 Å². The molecule has 17 heavy (non-hydrogen) atoms. The van der Waals surface area contributed by atoms with Crippen molar-refractivity contribution >= 4 is 8.25 Å². The van der Waals surface area contributed by atoms with Gasteiger partial charge in [-0.1, -0.05) is 31.2 Å². The van der Waals surface area contributed by atoms with E-state index in [0.717, 1.165) is 19.3 Å². The molecule has 0 N–H and O–H groups in total. The molecule has 0 spiro atoms. The van der Waals surface area contributed by atoms with Gasteiger partial charge in [0.15, 0.2) is 0 Å². The van der Waals surface area contributed by atoms with Crippen molar-refractivity contribution in [2.24, 2.45) is 0 Å². The number of rotatable bonds is 5. The minimum absolute atomic E-state index is 0.0000623. The summed E-state index contributed by atoms with van der Waals surface area (Å²) in [5.74, 6) is 0. The highest BCUT2D eigenvalue weighted by molar-refractivity contribution is 7.33. The SMILES string of the molecule is CCC(C)O[P+](=O)OC1Cc2ccccc2C1. The molecular weight excluding hydrogens is 235 g/mol. The molecule has 0 bridgehead atoms. The molecule has 2 rings (SSSR count). The van der Waals surface area contributed by atoms with Crippen LogP contribution in [-0.2, 0) is 26.5 Å². The van der Waals surface area contributed by atoms with Gasteiger partial charge in [0.2, 0.25) is 0 Å². The fourth-order valence-corrected chi connectivity index (χ4v) is 2.85. The highest BCUT2D eigenvalue weighted by atomic mass is 31.1. The Morgan fingerprint density at radius 1 is 1.35 bits per heavy atom. The second-order valence-electron chi connectivity index (χ2n) is 4.45. The van der Waals surface area contributed by atoms with E-state index >= 15 is 0 Å². The summed E-state index contributed by atoms with van der Waals surface area (Å²) in [7, 11) is -1.99. The fourth-order valence-electron chi connectivity index (χ4n) is 1.96. The fraction of sp³-hybridized carbons (Fsp3) is 0.538. The Morgan fingerprint density at radius 3 is 2.47 bits per heavy atom. The molecule has 1 aromatic rings. The predicted octanol–water partition coefficient (Wildman–Crippen LogP) is 3.64. The van der Waals surface area contributed by atoms with Crippen molar-refractivity contribution < 1.29 is 13.6 Å². The zero-order valence-electron chi connectivity index (χ0n) is 10.3. The van der Waals surface area contributed by atoms with E-state index in [1.807, 2.05) is 26.0 Å². The predicted molar refractivity (Wildman–Crippen MR) is 67.2 cm³/mol. The van der Waals surface area contributed by atoms with Crippen molar-refractivity contribution in [3.8, 4) is 0 Å². The van der Waals surface area contributed by atoms with Crippen LogP contribution in [-0.4, -0.2) is 12.2 Å². The van der Waals surface area contributed by atoms with Crippen molar-refractivity contribution in [1.29, 1.82) is 0 Å². The van der Waals surface area contributed by atoms with E-state index < -0.39 is 8.25 Å². The first-order chi connectivity index (χ1) is 8.19. The van der Waals surface area contributed by atoms with Gasteiger partial charge in [-0.3, -0.25) is 0 Å². The van der Waals surface area contributed by atoms with E-state index in [-0.39, 0.29) is 12.2 Å². The lowest BCUT2D eigenvalue weighted by molar-refractivity contribution is 0.139. The zero-order chi connectivity index (χ0) is 12.3. The first kappa shape index (κ1) is 12.7. The second-order valence-corrected chi connectivity index (χ2v) is 5.32. The van der Waals surface area contributed by atoms with Crippen LogP contribution < -0.4 is 0 Å². The molecule has 1 aliphatic rings. The van der Waals surface area contributed by atoms with Crippen LogP contribution in [0.5, 0.6) is 0 Å². The highest BCUT2D eigenvalue weighted by Gasteiger charge is 2.33. The third kappa shape index (κ3) is 3.35. The molecule has 0 saturated carbocycles. The van der Waals surface area contributed by atoms with Gasteiger partial charge in [-0.2, -0.15) is 0 Å². The van der Waals surface area contributed by atoms with Gasteiger partial charge in [0.1, 0.15) is 12.2 Å². The molecule has 3 nitrogen and oxygen atoms in total. The summed E-state index contributed by atoms with van der Waals surface area (Å²) in [6.45, 7) is 3.90. The van der Waals surface area contributed by atoms with Crippen LogP contribution in [0, 0.1) is 0 Å². The quantitative estimate of drug-likeness (QED) is 0.751. The number of hydrogen-bond acceptors (Lipinski definition) is 3.